The Morgan fingerprint density at radius 2 is 1.61 bits per heavy atom. The first-order valence-corrected chi connectivity index (χ1v) is 10.8. The van der Waals surface area contributed by atoms with Gasteiger partial charge in [-0.25, -0.2) is 0 Å². The Morgan fingerprint density at radius 3 is 2.14 bits per heavy atom. The summed E-state index contributed by atoms with van der Waals surface area (Å²) in [4.78, 5) is 7.66. The molecule has 0 aliphatic carbocycles. The van der Waals surface area contributed by atoms with Gasteiger partial charge in [-0.3, -0.25) is 4.99 Å². The molecule has 2 aromatic rings. The van der Waals surface area contributed by atoms with Crippen molar-refractivity contribution >= 4 is 28.5 Å². The second-order valence-electron chi connectivity index (χ2n) is 7.63. The number of benzene rings is 1. The van der Waals surface area contributed by atoms with Gasteiger partial charge < -0.3 is 0 Å². The minimum Gasteiger partial charge on any atom is -0.278 e. The normalized spacial score (nSPS) is 14.5. The van der Waals surface area contributed by atoms with Gasteiger partial charge in [0.25, 0.3) is 0 Å². The van der Waals surface area contributed by atoms with Crippen molar-refractivity contribution in [1.29, 1.82) is 0 Å². The number of hydrogen-bond acceptors (Lipinski definition) is 4. The van der Waals surface area contributed by atoms with Crippen molar-refractivity contribution in [2.45, 2.75) is 61.8 Å². The van der Waals surface area contributed by atoms with Gasteiger partial charge >= 0.3 is 0 Å². The third-order valence-electron chi connectivity index (χ3n) is 5.29. The van der Waals surface area contributed by atoms with Crippen molar-refractivity contribution in [1.82, 2.24) is 0 Å². The molecule has 0 aliphatic heterocycles. The van der Waals surface area contributed by atoms with Crippen LogP contribution in [0.2, 0.25) is 0 Å². The van der Waals surface area contributed by atoms with Crippen molar-refractivity contribution in [2.24, 2.45) is 21.1 Å². The Balaban J connectivity index is 2.41. The molecule has 0 spiro atoms. The summed E-state index contributed by atoms with van der Waals surface area (Å²) in [5, 5.41) is 8.82. The van der Waals surface area contributed by atoms with Gasteiger partial charge in [-0.15, -0.1) is 11.3 Å². The zero-order valence-electron chi connectivity index (χ0n) is 18.6. The predicted octanol–water partition coefficient (Wildman–Crippen LogP) is 6.70. The summed E-state index contributed by atoms with van der Waals surface area (Å²) in [6.07, 6.45) is 1.08. The molecular weight excluding hydrogens is 362 g/mol. The van der Waals surface area contributed by atoms with Gasteiger partial charge in [-0.1, -0.05) is 43.7 Å². The predicted molar refractivity (Wildman–Crippen MR) is 126 cm³/mol. The second-order valence-corrected chi connectivity index (χ2v) is 9.06. The molecule has 150 valence electrons. The number of thiophene rings is 1. The number of rotatable bonds is 7. The van der Waals surface area contributed by atoms with Crippen molar-refractivity contribution in [3.8, 4) is 0 Å². The van der Waals surface area contributed by atoms with Crippen LogP contribution in [0.3, 0.4) is 0 Å². The molecule has 4 heteroatoms. The zero-order valence-corrected chi connectivity index (χ0v) is 19.4. The van der Waals surface area contributed by atoms with Crippen LogP contribution in [0.25, 0.3) is 0 Å². The molecule has 1 unspecified atom stereocenters. The average Bonchev–Trinajstić information content (AvgIpc) is 2.93. The molecule has 0 amide bonds. The lowest BCUT2D eigenvalue weighted by Crippen LogP contribution is -2.10. The van der Waals surface area contributed by atoms with E-state index in [0.717, 1.165) is 29.1 Å². The van der Waals surface area contributed by atoms with Gasteiger partial charge in [0, 0.05) is 26.6 Å². The van der Waals surface area contributed by atoms with E-state index in [-0.39, 0.29) is 0 Å². The number of nitrogens with zero attached hydrogens (tertiary/aromatic N) is 3. The van der Waals surface area contributed by atoms with Crippen LogP contribution in [-0.2, 0) is 0 Å². The van der Waals surface area contributed by atoms with E-state index in [1.807, 2.05) is 25.2 Å². The average molecular weight is 396 g/mol. The first-order chi connectivity index (χ1) is 13.2. The highest BCUT2D eigenvalue weighted by Gasteiger charge is 2.16. The van der Waals surface area contributed by atoms with E-state index in [0.29, 0.717) is 12.5 Å². The van der Waals surface area contributed by atoms with Crippen molar-refractivity contribution in [2.75, 3.05) is 6.54 Å². The van der Waals surface area contributed by atoms with Crippen molar-refractivity contribution in [3.05, 3.63) is 56.3 Å². The third kappa shape index (κ3) is 5.48. The van der Waals surface area contributed by atoms with Crippen molar-refractivity contribution in [3.63, 3.8) is 0 Å². The smallest absolute Gasteiger partial charge is 0.0795 e. The van der Waals surface area contributed by atoms with E-state index in [1.54, 1.807) is 0 Å². The molecule has 0 fully saturated rings. The first kappa shape index (κ1) is 22.2. The van der Waals surface area contributed by atoms with Crippen molar-refractivity contribution < 1.29 is 0 Å². The molecule has 3 nitrogen and oxygen atoms in total. The summed E-state index contributed by atoms with van der Waals surface area (Å²) < 4.78 is 0. The second kappa shape index (κ2) is 9.92. The van der Waals surface area contributed by atoms with Gasteiger partial charge in [0.1, 0.15) is 0 Å². The fourth-order valence-electron chi connectivity index (χ4n) is 2.95. The first-order valence-electron chi connectivity index (χ1n) is 10.0. The standard InChI is InChI=1S/C24H33N3S/c1-9-16(3)19(6)27-26-17(4)14-25-24(22-12-10-15(2)11-13-22)23-18(5)20(7)28-21(23)8/h10-13,16H,9,14H2,1-8H3/b25-24?,26-17+,27-19-. The minimum atomic E-state index is 0.460. The molecule has 28 heavy (non-hydrogen) atoms. The van der Waals surface area contributed by atoms with Crippen LogP contribution >= 0.6 is 11.3 Å². The molecule has 1 atom stereocenters. The summed E-state index contributed by atoms with van der Waals surface area (Å²) in [5.74, 6) is 0.460. The summed E-state index contributed by atoms with van der Waals surface area (Å²) in [6.45, 7) is 17.6. The molecule has 2 rings (SSSR count). The molecule has 0 radical (unpaired) electrons. The third-order valence-corrected chi connectivity index (χ3v) is 6.42. The fourth-order valence-corrected chi connectivity index (χ4v) is 4.02. The highest BCUT2D eigenvalue weighted by atomic mass is 32.1. The molecule has 1 aromatic heterocycles. The Morgan fingerprint density at radius 1 is 0.964 bits per heavy atom. The van der Waals surface area contributed by atoms with Crippen LogP contribution in [0.1, 0.15) is 66.1 Å². The quantitative estimate of drug-likeness (QED) is 0.369. The molecule has 0 N–H and O–H groups in total. The highest BCUT2D eigenvalue weighted by molar-refractivity contribution is 7.12. The van der Waals surface area contributed by atoms with Crippen LogP contribution in [-0.4, -0.2) is 23.7 Å². The van der Waals surface area contributed by atoms with E-state index in [2.05, 4.69) is 76.0 Å². The molecule has 0 saturated carbocycles. The van der Waals surface area contributed by atoms with Gasteiger partial charge in [-0.05, 0) is 59.4 Å². The van der Waals surface area contributed by atoms with Crippen LogP contribution in [0.15, 0.2) is 39.5 Å². The Kier molecular flexibility index (Phi) is 7.88. The van der Waals surface area contributed by atoms with Crippen LogP contribution in [0.5, 0.6) is 0 Å². The highest BCUT2D eigenvalue weighted by Crippen LogP contribution is 2.29. The Bertz CT molecular complexity index is 899. The fraction of sp³-hybridized carbons (Fsp3) is 0.458. The van der Waals surface area contributed by atoms with E-state index in [9.17, 15) is 0 Å². The van der Waals surface area contributed by atoms with Gasteiger partial charge in [0.2, 0.25) is 0 Å². The molecule has 1 heterocycles. The molecule has 1 aromatic carbocycles. The lowest BCUT2D eigenvalue weighted by atomic mass is 9.98. The van der Waals surface area contributed by atoms with Gasteiger partial charge in [0.15, 0.2) is 0 Å². The van der Waals surface area contributed by atoms with Crippen LogP contribution < -0.4 is 0 Å². The summed E-state index contributed by atoms with van der Waals surface area (Å²) >= 11 is 1.84. The lowest BCUT2D eigenvalue weighted by Gasteiger charge is -2.10. The Hall–Kier alpha value is -2.07. The lowest BCUT2D eigenvalue weighted by molar-refractivity contribution is 0.732. The largest absolute Gasteiger partial charge is 0.278 e. The van der Waals surface area contributed by atoms with E-state index in [4.69, 9.17) is 4.99 Å². The van der Waals surface area contributed by atoms with E-state index < -0.39 is 0 Å². The maximum absolute atomic E-state index is 5.00. The van der Waals surface area contributed by atoms with E-state index in [1.165, 1.54) is 26.4 Å². The number of aryl methyl sites for hydroxylation is 3. The summed E-state index contributed by atoms with van der Waals surface area (Å²) in [5.41, 5.74) is 8.05. The Labute approximate surface area is 174 Å². The SMILES string of the molecule is CCC(C)/C(C)=N\N=C(/C)CN=C(c1ccc(C)cc1)c1c(C)sc(C)c1C. The van der Waals surface area contributed by atoms with Crippen LogP contribution in [0, 0.1) is 33.6 Å². The molecular formula is C24H33N3S. The number of aliphatic imine (C=N–C) groups is 1. The molecule has 0 bridgehead atoms. The maximum Gasteiger partial charge on any atom is 0.0795 e. The van der Waals surface area contributed by atoms with Crippen LogP contribution in [0.4, 0.5) is 0 Å². The molecule has 0 saturated heterocycles. The number of hydrogen-bond donors (Lipinski definition) is 0. The maximum atomic E-state index is 5.00. The van der Waals surface area contributed by atoms with Gasteiger partial charge in [-0.2, -0.15) is 10.2 Å². The topological polar surface area (TPSA) is 37.1 Å². The van der Waals surface area contributed by atoms with Gasteiger partial charge in [0.05, 0.1) is 18.0 Å². The summed E-state index contributed by atoms with van der Waals surface area (Å²) in [6, 6.07) is 8.63. The minimum absolute atomic E-state index is 0.460. The zero-order chi connectivity index (χ0) is 20.8. The van der Waals surface area contributed by atoms with E-state index >= 15 is 0 Å². The molecule has 0 aliphatic rings. The monoisotopic (exact) mass is 395 g/mol. The summed E-state index contributed by atoms with van der Waals surface area (Å²) in [7, 11) is 0.